The summed E-state index contributed by atoms with van der Waals surface area (Å²) in [6.07, 6.45) is 6.79. The molecule has 0 unspecified atom stereocenters. The van der Waals surface area contributed by atoms with Crippen LogP contribution in [0.15, 0.2) is 29.8 Å². The van der Waals surface area contributed by atoms with Crippen LogP contribution < -0.4 is 0 Å². The van der Waals surface area contributed by atoms with E-state index in [0.717, 1.165) is 22.0 Å². The number of hydrogen-bond donors (Lipinski definition) is 0. The van der Waals surface area contributed by atoms with Gasteiger partial charge in [0.2, 0.25) is 0 Å². The predicted octanol–water partition coefficient (Wildman–Crippen LogP) is 1.59. The fraction of sp³-hybridized carbons (Fsp3) is 0. The highest BCUT2D eigenvalue weighted by Gasteiger charge is 2.18. The number of rotatable bonds is 0. The molecule has 0 aliphatic carbocycles. The van der Waals surface area contributed by atoms with Crippen molar-refractivity contribution in [1.29, 1.82) is 5.26 Å². The summed E-state index contributed by atoms with van der Waals surface area (Å²) < 4.78 is 0. The molecule has 2 aromatic heterocycles. The van der Waals surface area contributed by atoms with Crippen molar-refractivity contribution in [3.05, 3.63) is 30.4 Å². The Hall–Kier alpha value is -2.28. The van der Waals surface area contributed by atoms with Crippen LogP contribution in [0.4, 0.5) is 5.69 Å². The zero-order valence-corrected chi connectivity index (χ0v) is 7.10. The van der Waals surface area contributed by atoms with E-state index in [1.54, 1.807) is 24.8 Å². The predicted molar refractivity (Wildman–Crippen MR) is 51.3 cm³/mol. The van der Waals surface area contributed by atoms with Gasteiger partial charge in [0.1, 0.15) is 6.07 Å². The zero-order valence-electron chi connectivity index (χ0n) is 7.10. The van der Waals surface area contributed by atoms with Gasteiger partial charge >= 0.3 is 0 Å². The Kier molecular flexibility index (Phi) is 1.21. The molecule has 0 radical (unpaired) electrons. The monoisotopic (exact) mass is 180 g/mol. The maximum Gasteiger partial charge on any atom is 0.150 e. The molecule has 0 saturated heterocycles. The highest BCUT2D eigenvalue weighted by molar-refractivity contribution is 6.25. The molecule has 0 amide bonds. The molecule has 0 spiro atoms. The summed E-state index contributed by atoms with van der Waals surface area (Å²) in [7, 11) is 0. The number of aromatic nitrogens is 2. The molecule has 0 bridgehead atoms. The van der Waals surface area contributed by atoms with Gasteiger partial charge in [-0.2, -0.15) is 5.26 Å². The van der Waals surface area contributed by atoms with E-state index in [1.165, 1.54) is 0 Å². The molecule has 0 atom stereocenters. The van der Waals surface area contributed by atoms with Crippen molar-refractivity contribution in [2.45, 2.75) is 0 Å². The number of nitriles is 1. The fourth-order valence-corrected chi connectivity index (χ4v) is 1.64. The lowest BCUT2D eigenvalue weighted by Gasteiger charge is -1.97. The Bertz CT molecular complexity index is 602. The van der Waals surface area contributed by atoms with E-state index in [-0.39, 0.29) is 0 Å². The first-order valence-corrected chi connectivity index (χ1v) is 4.11. The fourth-order valence-electron chi connectivity index (χ4n) is 1.64. The lowest BCUT2D eigenvalue weighted by atomic mass is 10.1. The van der Waals surface area contributed by atoms with Crippen LogP contribution in [0.5, 0.6) is 0 Å². The van der Waals surface area contributed by atoms with E-state index < -0.39 is 0 Å². The van der Waals surface area contributed by atoms with Crippen LogP contribution in [0.1, 0.15) is 5.56 Å². The molecule has 3 heterocycles. The summed E-state index contributed by atoms with van der Waals surface area (Å²) in [5.41, 5.74) is 1.99. The summed E-state index contributed by atoms with van der Waals surface area (Å²) in [5.74, 6) is 0. The maximum atomic E-state index is 8.86. The maximum absolute atomic E-state index is 8.86. The molecule has 4 nitrogen and oxygen atoms in total. The second kappa shape index (κ2) is 2.36. The van der Waals surface area contributed by atoms with E-state index in [9.17, 15) is 0 Å². The average Bonchev–Trinajstić information content (AvgIpc) is 2.60. The Morgan fingerprint density at radius 2 is 1.86 bits per heavy atom. The first-order chi connectivity index (χ1) is 6.90. The molecule has 4 heteroatoms. The highest BCUT2D eigenvalue weighted by Crippen LogP contribution is 2.33. The Balaban J connectivity index is 2.54. The third-order valence-corrected chi connectivity index (χ3v) is 2.24. The highest BCUT2D eigenvalue weighted by atomic mass is 14.8. The van der Waals surface area contributed by atoms with Crippen LogP contribution in [-0.4, -0.2) is 15.7 Å². The first-order valence-electron chi connectivity index (χ1n) is 4.11. The van der Waals surface area contributed by atoms with E-state index in [4.69, 9.17) is 5.26 Å². The van der Waals surface area contributed by atoms with Gasteiger partial charge in [-0.15, -0.1) is 0 Å². The van der Waals surface area contributed by atoms with Crippen LogP contribution in [0.3, 0.4) is 0 Å². The van der Waals surface area contributed by atoms with Crippen molar-refractivity contribution < 1.29 is 0 Å². The van der Waals surface area contributed by atoms with Crippen molar-refractivity contribution in [2.75, 3.05) is 0 Å². The van der Waals surface area contributed by atoms with Gasteiger partial charge in [0.05, 0.1) is 11.9 Å². The number of hydrogen-bond acceptors (Lipinski definition) is 4. The molecule has 0 fully saturated rings. The Morgan fingerprint density at radius 1 is 1.07 bits per heavy atom. The standard InChI is InChI=1S/C10H4N4/c11-1-8-7-4-12-2-6-3-13-5-9(14-8)10(6)7/h2-5H. The molecular weight excluding hydrogens is 176 g/mol. The molecule has 0 aromatic carbocycles. The second-order valence-electron chi connectivity index (χ2n) is 3.02. The summed E-state index contributed by atoms with van der Waals surface area (Å²) in [5, 5.41) is 10.8. The van der Waals surface area contributed by atoms with Gasteiger partial charge < -0.3 is 0 Å². The van der Waals surface area contributed by atoms with Crippen molar-refractivity contribution in [1.82, 2.24) is 9.97 Å². The molecule has 0 saturated carbocycles. The summed E-state index contributed by atoms with van der Waals surface area (Å²) in [6, 6.07) is 2.05. The zero-order chi connectivity index (χ0) is 9.54. The van der Waals surface area contributed by atoms with E-state index >= 15 is 0 Å². The molecule has 1 aliphatic heterocycles. The first kappa shape index (κ1) is 7.15. The number of nitrogens with zero attached hydrogens (tertiary/aromatic N) is 4. The third-order valence-electron chi connectivity index (χ3n) is 2.24. The van der Waals surface area contributed by atoms with Gasteiger partial charge in [-0.25, -0.2) is 4.99 Å². The van der Waals surface area contributed by atoms with E-state index in [1.807, 2.05) is 0 Å². The van der Waals surface area contributed by atoms with Crippen LogP contribution in [0.2, 0.25) is 0 Å². The molecule has 3 rings (SSSR count). The van der Waals surface area contributed by atoms with Crippen molar-refractivity contribution in [2.24, 2.45) is 4.99 Å². The molecular formula is C10H4N4. The quantitative estimate of drug-likeness (QED) is 0.618. The van der Waals surface area contributed by atoms with E-state index in [2.05, 4.69) is 21.0 Å². The van der Waals surface area contributed by atoms with Gasteiger partial charge in [0, 0.05) is 34.9 Å². The number of pyridine rings is 2. The van der Waals surface area contributed by atoms with Gasteiger partial charge in [-0.05, 0) is 0 Å². The van der Waals surface area contributed by atoms with Crippen LogP contribution >= 0.6 is 0 Å². The summed E-state index contributed by atoms with van der Waals surface area (Å²) in [4.78, 5) is 12.2. The minimum atomic E-state index is 0.422. The van der Waals surface area contributed by atoms with Crippen LogP contribution in [0.25, 0.3) is 10.8 Å². The molecule has 14 heavy (non-hydrogen) atoms. The van der Waals surface area contributed by atoms with Gasteiger partial charge in [0.25, 0.3) is 0 Å². The van der Waals surface area contributed by atoms with Crippen molar-refractivity contribution in [3.63, 3.8) is 0 Å². The Morgan fingerprint density at radius 3 is 2.64 bits per heavy atom. The van der Waals surface area contributed by atoms with Gasteiger partial charge in [-0.3, -0.25) is 9.97 Å². The van der Waals surface area contributed by atoms with Gasteiger partial charge in [-0.1, -0.05) is 0 Å². The van der Waals surface area contributed by atoms with Crippen LogP contribution in [0, 0.1) is 11.3 Å². The average molecular weight is 180 g/mol. The van der Waals surface area contributed by atoms with E-state index in [0.29, 0.717) is 5.71 Å². The topological polar surface area (TPSA) is 61.9 Å². The van der Waals surface area contributed by atoms with Crippen molar-refractivity contribution in [3.8, 4) is 6.07 Å². The molecule has 2 aromatic rings. The third kappa shape index (κ3) is 0.735. The lowest BCUT2D eigenvalue weighted by Crippen LogP contribution is -1.93. The Labute approximate surface area is 79.6 Å². The van der Waals surface area contributed by atoms with Crippen molar-refractivity contribution >= 4 is 22.2 Å². The van der Waals surface area contributed by atoms with Crippen LogP contribution in [-0.2, 0) is 0 Å². The summed E-state index contributed by atoms with van der Waals surface area (Å²) in [6.45, 7) is 0. The minimum absolute atomic E-state index is 0.422. The normalized spacial score (nSPS) is 12.6. The second-order valence-corrected chi connectivity index (χ2v) is 3.02. The minimum Gasteiger partial charge on any atom is -0.263 e. The molecule has 64 valence electrons. The SMILES string of the molecule is N#CC1=Nc2cncc3cncc1c23. The molecule has 1 aliphatic rings. The summed E-state index contributed by atoms with van der Waals surface area (Å²) >= 11 is 0. The largest absolute Gasteiger partial charge is 0.263 e. The molecule has 0 N–H and O–H groups in total. The lowest BCUT2D eigenvalue weighted by molar-refractivity contribution is 1.32. The van der Waals surface area contributed by atoms with Gasteiger partial charge in [0.15, 0.2) is 5.71 Å². The smallest absolute Gasteiger partial charge is 0.150 e. The number of aliphatic imine (C=N–C) groups is 1.